The SMILES string of the molecule is CS(=O)(=O)Nc1nn(CCBr)c2c(-n3c([C@H](Cc4cc(F)cc(F)c4)NC(=O)Cn4nc(C(F)F)c5c4C(F)(F)[C@@H]4C[C@H]54)nc4nc(C5CCC(F)(F)CC5)cc(Cl)c4c3=O)ccc(Cl)c12. The van der Waals surface area contributed by atoms with Crippen molar-refractivity contribution in [1.82, 2.24) is 39.4 Å². The van der Waals surface area contributed by atoms with Crippen LogP contribution in [0.15, 0.2) is 41.2 Å². The van der Waals surface area contributed by atoms with E-state index in [-0.39, 0.29) is 91.4 Å². The molecular weight excluding hydrogens is 1020 g/mol. The number of halogens is 11. The van der Waals surface area contributed by atoms with Gasteiger partial charge in [-0.15, -0.1) is 0 Å². The Kier molecular flexibility index (Phi) is 11.7. The smallest absolute Gasteiger partial charge is 0.293 e. The van der Waals surface area contributed by atoms with Gasteiger partial charge in [0, 0.05) is 53.8 Å². The molecule has 2 fully saturated rings. The first-order chi connectivity index (χ1) is 31.0. The Balaban J connectivity index is 1.27. The molecule has 6 aromatic rings. The van der Waals surface area contributed by atoms with Crippen LogP contribution >= 0.6 is 39.1 Å². The molecule has 2 saturated carbocycles. The van der Waals surface area contributed by atoms with Crippen molar-refractivity contribution >= 4 is 82.8 Å². The van der Waals surface area contributed by atoms with Crippen LogP contribution in [0, 0.1) is 17.6 Å². The first kappa shape index (κ1) is 46.2. The van der Waals surface area contributed by atoms with Gasteiger partial charge in [-0.1, -0.05) is 39.1 Å². The van der Waals surface area contributed by atoms with Gasteiger partial charge in [-0.25, -0.2) is 44.7 Å². The van der Waals surface area contributed by atoms with E-state index in [9.17, 15) is 39.6 Å². The number of rotatable bonds is 13. The second kappa shape index (κ2) is 16.7. The van der Waals surface area contributed by atoms with Gasteiger partial charge < -0.3 is 5.32 Å². The summed E-state index contributed by atoms with van der Waals surface area (Å²) in [6, 6.07) is 4.79. The third kappa shape index (κ3) is 8.41. The lowest BCUT2D eigenvalue weighted by Crippen LogP contribution is -2.38. The topological polar surface area (TPSA) is 159 Å². The first-order valence-electron chi connectivity index (χ1n) is 20.3. The molecule has 0 aliphatic heterocycles. The van der Waals surface area contributed by atoms with E-state index in [0.29, 0.717) is 10.7 Å². The van der Waals surface area contributed by atoms with Crippen LogP contribution in [0.1, 0.15) is 90.4 Å². The maximum atomic E-state index is 15.6. The number of nitrogens with one attached hydrogen (secondary N) is 2. The van der Waals surface area contributed by atoms with Crippen molar-refractivity contribution in [1.29, 1.82) is 0 Å². The van der Waals surface area contributed by atoms with Crippen LogP contribution in [0.25, 0.3) is 27.6 Å². The maximum Gasteiger partial charge on any atom is 0.293 e. The van der Waals surface area contributed by atoms with Gasteiger partial charge in [-0.3, -0.25) is 28.2 Å². The van der Waals surface area contributed by atoms with Crippen LogP contribution in [0.3, 0.4) is 0 Å². The van der Waals surface area contributed by atoms with Crippen molar-refractivity contribution in [2.45, 2.75) is 87.8 Å². The molecule has 3 aliphatic carbocycles. The largest absolute Gasteiger partial charge is 0.344 e. The highest BCUT2D eigenvalue weighted by molar-refractivity contribution is 9.09. The minimum Gasteiger partial charge on any atom is -0.344 e. The summed E-state index contributed by atoms with van der Waals surface area (Å²) < 4.78 is 148. The number of sulfonamides is 1. The average Bonchev–Trinajstić information content (AvgIpc) is 3.74. The second-order valence-electron chi connectivity index (χ2n) is 16.7. The van der Waals surface area contributed by atoms with Crippen molar-refractivity contribution < 1.29 is 48.3 Å². The molecule has 350 valence electrons. The number of pyridine rings is 1. The normalized spacial score (nSPS) is 19.3. The van der Waals surface area contributed by atoms with Gasteiger partial charge in [-0.05, 0) is 61.1 Å². The lowest BCUT2D eigenvalue weighted by Gasteiger charge is -2.28. The summed E-state index contributed by atoms with van der Waals surface area (Å²) >= 11 is 16.9. The molecule has 4 heterocycles. The fraction of sp³-hybridized carbons (Fsp3) is 0.415. The van der Waals surface area contributed by atoms with Crippen LogP contribution in [0.5, 0.6) is 0 Å². The van der Waals surface area contributed by atoms with E-state index in [0.717, 1.165) is 23.0 Å². The molecule has 0 saturated heterocycles. The third-order valence-corrected chi connectivity index (χ3v) is 13.6. The standard InChI is InChI=1S/C41H34BrCl2F8N9O4S/c1-66(64,65)58-37-30-23(43)2-3-27(33(30)59(57-37)9-8-42)61-38(55-36-31(39(61)63)24(44)15-25(54-36)18-4-6-40(49,50)7-5-18)26(12-17-10-19(45)13-20(46)11-17)53-28(62)16-60-34-29(32(56-60)35(47)48)21-14-22(21)41(34,51)52/h2-3,10-11,13,15,18,21-22,26,35H,4-9,12,14,16H2,1H3,(H,53,62)(H,57,58)/t21-,22+,26-/m0/s1. The zero-order valence-electron chi connectivity index (χ0n) is 34.0. The number of hydrogen-bond acceptors (Lipinski definition) is 8. The number of alkyl halides is 7. The van der Waals surface area contributed by atoms with Gasteiger partial charge in [0.25, 0.3) is 17.9 Å². The Hall–Kier alpha value is -4.87. The van der Waals surface area contributed by atoms with Crippen LogP contribution in [-0.4, -0.2) is 65.9 Å². The van der Waals surface area contributed by atoms with Crippen LogP contribution in [0.4, 0.5) is 40.9 Å². The summed E-state index contributed by atoms with van der Waals surface area (Å²) in [4.78, 5) is 38.8. The summed E-state index contributed by atoms with van der Waals surface area (Å²) in [5.74, 6) is -13.0. The molecule has 2 N–H and O–H groups in total. The molecule has 0 bridgehead atoms. The number of anilines is 1. The molecular formula is C41H34BrCl2F8N9O4S. The summed E-state index contributed by atoms with van der Waals surface area (Å²) in [7, 11) is -3.99. The van der Waals surface area contributed by atoms with E-state index < -0.39 is 118 Å². The minimum atomic E-state index is -3.99. The number of carbonyl (C=O) groups is 1. The van der Waals surface area contributed by atoms with Crippen molar-refractivity contribution in [3.05, 3.63) is 102 Å². The molecule has 3 atom stereocenters. The lowest BCUT2D eigenvalue weighted by molar-refractivity contribution is -0.123. The number of carbonyl (C=O) groups excluding carboxylic acids is 1. The number of aryl methyl sites for hydroxylation is 1. The fourth-order valence-electron chi connectivity index (χ4n) is 9.24. The Morgan fingerprint density at radius 1 is 0.970 bits per heavy atom. The van der Waals surface area contributed by atoms with Gasteiger partial charge in [-0.2, -0.15) is 19.0 Å². The number of hydrogen-bond donors (Lipinski definition) is 2. The number of fused-ring (bicyclic) bond motifs is 5. The predicted molar refractivity (Wildman–Crippen MR) is 230 cm³/mol. The molecule has 9 rings (SSSR count). The molecule has 0 unspecified atom stereocenters. The van der Waals surface area contributed by atoms with Crippen molar-refractivity contribution in [3.8, 4) is 5.69 Å². The summed E-state index contributed by atoms with van der Waals surface area (Å²) in [6.45, 7) is -1.02. The highest BCUT2D eigenvalue weighted by Crippen LogP contribution is 2.68. The minimum absolute atomic E-state index is 0.00120. The number of amides is 1. The highest BCUT2D eigenvalue weighted by atomic mass is 79.9. The summed E-state index contributed by atoms with van der Waals surface area (Å²) in [5.41, 5.74) is -3.31. The molecule has 3 aliphatic rings. The Morgan fingerprint density at radius 3 is 2.32 bits per heavy atom. The molecule has 4 aromatic heterocycles. The zero-order chi connectivity index (χ0) is 47.4. The van der Waals surface area contributed by atoms with Gasteiger partial charge in [0.05, 0.1) is 45.5 Å². The molecule has 0 spiro atoms. The summed E-state index contributed by atoms with van der Waals surface area (Å²) in [5, 5.41) is 10.4. The predicted octanol–water partition coefficient (Wildman–Crippen LogP) is 9.22. The lowest BCUT2D eigenvalue weighted by atomic mass is 9.84. The Morgan fingerprint density at radius 2 is 1.67 bits per heavy atom. The molecule has 0 radical (unpaired) electrons. The number of aromatic nitrogens is 7. The van der Waals surface area contributed by atoms with E-state index in [4.69, 9.17) is 28.2 Å². The van der Waals surface area contributed by atoms with Gasteiger partial charge in [0.1, 0.15) is 40.8 Å². The van der Waals surface area contributed by atoms with Crippen molar-refractivity contribution in [2.24, 2.45) is 5.92 Å². The molecule has 13 nitrogen and oxygen atoms in total. The van der Waals surface area contributed by atoms with E-state index in [1.807, 2.05) is 0 Å². The first-order valence-corrected chi connectivity index (χ1v) is 24.1. The van der Waals surface area contributed by atoms with Crippen LogP contribution in [-0.2, 0) is 40.3 Å². The second-order valence-corrected chi connectivity index (χ2v) is 20.0. The molecule has 1 amide bonds. The third-order valence-electron chi connectivity index (χ3n) is 12.1. The fourth-order valence-corrected chi connectivity index (χ4v) is 10.6. The van der Waals surface area contributed by atoms with Crippen molar-refractivity contribution in [3.63, 3.8) is 0 Å². The highest BCUT2D eigenvalue weighted by Gasteiger charge is 2.67. The van der Waals surface area contributed by atoms with Crippen molar-refractivity contribution in [2.75, 3.05) is 16.3 Å². The van der Waals surface area contributed by atoms with Crippen LogP contribution in [0.2, 0.25) is 10.0 Å². The van der Waals surface area contributed by atoms with Gasteiger partial charge in [0.2, 0.25) is 21.9 Å². The van der Waals surface area contributed by atoms with E-state index in [2.05, 4.69) is 41.2 Å². The average molecular weight is 1050 g/mol. The number of nitrogens with zero attached hydrogens (tertiary/aromatic N) is 7. The number of benzene rings is 2. The summed E-state index contributed by atoms with van der Waals surface area (Å²) in [6.07, 6.45) is -3.89. The van der Waals surface area contributed by atoms with Gasteiger partial charge in [0.15, 0.2) is 11.5 Å². The quantitative estimate of drug-likeness (QED) is 0.0856. The van der Waals surface area contributed by atoms with Crippen LogP contribution < -0.4 is 15.6 Å². The van der Waals surface area contributed by atoms with E-state index in [1.165, 1.54) is 22.9 Å². The van der Waals surface area contributed by atoms with E-state index >= 15 is 13.6 Å². The van der Waals surface area contributed by atoms with Gasteiger partial charge >= 0.3 is 0 Å². The Bertz CT molecular complexity index is 3140. The zero-order valence-corrected chi connectivity index (χ0v) is 38.0. The molecule has 25 heteroatoms. The molecule has 66 heavy (non-hydrogen) atoms. The van der Waals surface area contributed by atoms with E-state index in [1.54, 1.807) is 0 Å². The monoisotopic (exact) mass is 1050 g/mol. The Labute approximate surface area is 387 Å². The molecule has 2 aromatic carbocycles. The maximum absolute atomic E-state index is 15.6.